The van der Waals surface area contributed by atoms with Crippen LogP contribution in [-0.2, 0) is 4.79 Å². The van der Waals surface area contributed by atoms with Crippen LogP contribution in [0.2, 0.25) is 5.15 Å². The van der Waals surface area contributed by atoms with E-state index in [9.17, 15) is 4.79 Å². The van der Waals surface area contributed by atoms with Gasteiger partial charge in [-0.2, -0.15) is 0 Å². The smallest absolute Gasteiger partial charge is 0.230 e. The van der Waals surface area contributed by atoms with Gasteiger partial charge in [0.25, 0.3) is 0 Å². The Labute approximate surface area is 102 Å². The predicted octanol–water partition coefficient (Wildman–Crippen LogP) is 2.88. The van der Waals surface area contributed by atoms with Gasteiger partial charge in [0.1, 0.15) is 0 Å². The third-order valence-corrected chi connectivity index (χ3v) is 2.42. The van der Waals surface area contributed by atoms with E-state index < -0.39 is 5.41 Å². The summed E-state index contributed by atoms with van der Waals surface area (Å²) in [6, 6.07) is 1.58. The molecule has 0 aliphatic heterocycles. The lowest BCUT2D eigenvalue weighted by atomic mass is 9.96. The van der Waals surface area contributed by atoms with Gasteiger partial charge in [0.05, 0.1) is 4.47 Å². The molecule has 82 valence electrons. The third-order valence-electron chi connectivity index (χ3n) is 1.63. The summed E-state index contributed by atoms with van der Waals surface area (Å²) in [5.74, 6) is 0.249. The fourth-order valence-electron chi connectivity index (χ4n) is 0.727. The van der Waals surface area contributed by atoms with Crippen molar-refractivity contribution in [2.24, 2.45) is 5.41 Å². The van der Waals surface area contributed by atoms with Crippen LogP contribution in [0.25, 0.3) is 0 Å². The van der Waals surface area contributed by atoms with E-state index in [1.165, 1.54) is 0 Å². The molecule has 1 heterocycles. The predicted molar refractivity (Wildman–Crippen MR) is 62.8 cm³/mol. The Morgan fingerprint density at radius 3 is 2.53 bits per heavy atom. The van der Waals surface area contributed by atoms with Crippen LogP contribution in [-0.4, -0.2) is 16.1 Å². The summed E-state index contributed by atoms with van der Waals surface area (Å²) in [7, 11) is 0. The molecular weight excluding hydrogens is 281 g/mol. The number of rotatable bonds is 1. The van der Waals surface area contributed by atoms with Crippen molar-refractivity contribution in [2.75, 3.05) is 5.32 Å². The highest BCUT2D eigenvalue weighted by Gasteiger charge is 2.22. The van der Waals surface area contributed by atoms with Gasteiger partial charge in [0.15, 0.2) is 11.0 Å². The number of carbonyl (C=O) groups is 1. The molecule has 1 amide bonds. The largest absolute Gasteiger partial charge is 0.308 e. The molecule has 15 heavy (non-hydrogen) atoms. The van der Waals surface area contributed by atoms with Crippen molar-refractivity contribution in [3.8, 4) is 0 Å². The van der Waals surface area contributed by atoms with Crippen LogP contribution >= 0.6 is 27.5 Å². The fourth-order valence-corrected chi connectivity index (χ4v) is 1.40. The molecule has 0 aliphatic carbocycles. The van der Waals surface area contributed by atoms with Gasteiger partial charge >= 0.3 is 0 Å². The summed E-state index contributed by atoms with van der Waals surface area (Å²) in [6.07, 6.45) is 0. The fraction of sp³-hybridized carbons (Fsp3) is 0.444. The minimum Gasteiger partial charge on any atom is -0.308 e. The average Bonchev–Trinajstić information content (AvgIpc) is 2.08. The van der Waals surface area contributed by atoms with Crippen LogP contribution in [0.15, 0.2) is 10.5 Å². The van der Waals surface area contributed by atoms with Gasteiger partial charge in [0.2, 0.25) is 5.91 Å². The molecule has 0 fully saturated rings. The number of carbonyl (C=O) groups excluding carboxylic acids is 1. The Bertz CT molecular complexity index is 389. The molecule has 1 rings (SSSR count). The Balaban J connectivity index is 2.87. The summed E-state index contributed by atoms with van der Waals surface area (Å²) >= 11 is 8.87. The summed E-state index contributed by atoms with van der Waals surface area (Å²) in [5.41, 5.74) is -0.471. The van der Waals surface area contributed by atoms with Crippen LogP contribution in [0.1, 0.15) is 20.8 Å². The second kappa shape index (κ2) is 4.45. The number of halogens is 2. The topological polar surface area (TPSA) is 54.9 Å². The SMILES string of the molecule is CC(C)(C)C(=O)Nc1nnc(Cl)cc1Br. The van der Waals surface area contributed by atoms with Gasteiger partial charge in [-0.1, -0.05) is 32.4 Å². The quantitative estimate of drug-likeness (QED) is 0.866. The molecule has 0 saturated carbocycles. The highest BCUT2D eigenvalue weighted by molar-refractivity contribution is 9.10. The molecular formula is C9H11BrClN3O. The molecule has 6 heteroatoms. The van der Waals surface area contributed by atoms with Crippen LogP contribution in [0.4, 0.5) is 5.82 Å². The minimum atomic E-state index is -0.471. The first-order chi connectivity index (χ1) is 6.80. The molecule has 0 spiro atoms. The molecule has 0 bridgehead atoms. The van der Waals surface area contributed by atoms with E-state index in [0.717, 1.165) is 0 Å². The van der Waals surface area contributed by atoms with Gasteiger partial charge in [-0.15, -0.1) is 10.2 Å². The van der Waals surface area contributed by atoms with E-state index in [-0.39, 0.29) is 11.1 Å². The number of nitrogens with zero attached hydrogens (tertiary/aromatic N) is 2. The zero-order chi connectivity index (χ0) is 11.6. The van der Waals surface area contributed by atoms with Gasteiger partial charge in [-0.3, -0.25) is 4.79 Å². The second-order valence-electron chi connectivity index (χ2n) is 4.07. The minimum absolute atomic E-state index is 0.125. The first-order valence-electron chi connectivity index (χ1n) is 4.31. The Morgan fingerprint density at radius 2 is 2.07 bits per heavy atom. The molecule has 0 radical (unpaired) electrons. The van der Waals surface area contributed by atoms with Crippen LogP contribution in [0.3, 0.4) is 0 Å². The van der Waals surface area contributed by atoms with E-state index in [4.69, 9.17) is 11.6 Å². The lowest BCUT2D eigenvalue weighted by Crippen LogP contribution is -2.28. The van der Waals surface area contributed by atoms with Crippen LogP contribution in [0.5, 0.6) is 0 Å². The molecule has 4 nitrogen and oxygen atoms in total. The number of amides is 1. The van der Waals surface area contributed by atoms with Crippen molar-refractivity contribution in [1.82, 2.24) is 10.2 Å². The first kappa shape index (κ1) is 12.4. The molecule has 0 unspecified atom stereocenters. The van der Waals surface area contributed by atoms with Crippen LogP contribution < -0.4 is 5.32 Å². The second-order valence-corrected chi connectivity index (χ2v) is 5.31. The molecule has 0 atom stereocenters. The Kier molecular flexibility index (Phi) is 3.67. The lowest BCUT2D eigenvalue weighted by Gasteiger charge is -2.17. The summed E-state index contributed by atoms with van der Waals surface area (Å²) in [5, 5.41) is 10.3. The van der Waals surface area contributed by atoms with Crippen molar-refractivity contribution >= 4 is 39.3 Å². The number of aromatic nitrogens is 2. The van der Waals surface area contributed by atoms with Crippen molar-refractivity contribution in [3.63, 3.8) is 0 Å². The zero-order valence-electron chi connectivity index (χ0n) is 8.64. The van der Waals surface area contributed by atoms with Crippen molar-refractivity contribution in [1.29, 1.82) is 0 Å². The summed E-state index contributed by atoms with van der Waals surface area (Å²) in [6.45, 7) is 5.46. The molecule has 0 aliphatic rings. The van der Waals surface area contributed by atoms with E-state index in [0.29, 0.717) is 10.3 Å². The lowest BCUT2D eigenvalue weighted by molar-refractivity contribution is -0.123. The third kappa shape index (κ3) is 3.43. The van der Waals surface area contributed by atoms with Gasteiger partial charge in [-0.25, -0.2) is 0 Å². The van der Waals surface area contributed by atoms with E-state index >= 15 is 0 Å². The Hall–Kier alpha value is -0.680. The normalized spacial score (nSPS) is 11.3. The van der Waals surface area contributed by atoms with Gasteiger partial charge in [0, 0.05) is 5.41 Å². The molecule has 0 aromatic carbocycles. The number of hydrogen-bond donors (Lipinski definition) is 1. The van der Waals surface area contributed by atoms with E-state index in [2.05, 4.69) is 31.4 Å². The highest BCUT2D eigenvalue weighted by Crippen LogP contribution is 2.23. The number of hydrogen-bond acceptors (Lipinski definition) is 3. The highest BCUT2D eigenvalue weighted by atomic mass is 79.9. The van der Waals surface area contributed by atoms with Gasteiger partial charge < -0.3 is 5.32 Å². The Morgan fingerprint density at radius 1 is 1.47 bits per heavy atom. The number of anilines is 1. The zero-order valence-corrected chi connectivity index (χ0v) is 11.0. The van der Waals surface area contributed by atoms with Crippen LogP contribution in [0, 0.1) is 5.41 Å². The van der Waals surface area contributed by atoms with E-state index in [1.54, 1.807) is 6.07 Å². The van der Waals surface area contributed by atoms with Crippen molar-refractivity contribution in [3.05, 3.63) is 15.7 Å². The molecule has 1 aromatic rings. The monoisotopic (exact) mass is 291 g/mol. The van der Waals surface area contributed by atoms with Gasteiger partial charge in [-0.05, 0) is 22.0 Å². The molecule has 1 aromatic heterocycles. The average molecular weight is 293 g/mol. The van der Waals surface area contributed by atoms with Crippen molar-refractivity contribution < 1.29 is 4.79 Å². The van der Waals surface area contributed by atoms with Crippen molar-refractivity contribution in [2.45, 2.75) is 20.8 Å². The number of nitrogens with one attached hydrogen (secondary N) is 1. The summed E-state index contributed by atoms with van der Waals surface area (Å²) < 4.78 is 0.611. The first-order valence-corrected chi connectivity index (χ1v) is 5.48. The maximum Gasteiger partial charge on any atom is 0.230 e. The molecule has 0 saturated heterocycles. The summed E-state index contributed by atoms with van der Waals surface area (Å²) in [4.78, 5) is 11.6. The molecule has 1 N–H and O–H groups in total. The standard InChI is InChI=1S/C9H11BrClN3O/c1-9(2,3)8(15)12-7-5(10)4-6(11)13-14-7/h4H,1-3H3,(H,12,14,15). The van der Waals surface area contributed by atoms with E-state index in [1.807, 2.05) is 20.8 Å². The maximum absolute atomic E-state index is 11.6. The maximum atomic E-state index is 11.6.